The molecule has 0 atom stereocenters. The maximum absolute atomic E-state index is 13.6. The van der Waals surface area contributed by atoms with Crippen molar-refractivity contribution in [2.45, 2.75) is 6.54 Å². The minimum absolute atomic E-state index is 0.0779. The van der Waals surface area contributed by atoms with Crippen LogP contribution in [0.25, 0.3) is 0 Å². The van der Waals surface area contributed by atoms with Gasteiger partial charge in [0.25, 0.3) is 0 Å². The van der Waals surface area contributed by atoms with Gasteiger partial charge in [-0.1, -0.05) is 6.07 Å². The summed E-state index contributed by atoms with van der Waals surface area (Å²) in [6, 6.07) is 5.47. The summed E-state index contributed by atoms with van der Waals surface area (Å²) in [7, 11) is 2.13. The summed E-state index contributed by atoms with van der Waals surface area (Å²) in [6.07, 6.45) is 0. The zero-order valence-electron chi connectivity index (χ0n) is 9.42. The van der Waals surface area contributed by atoms with E-state index < -0.39 is 0 Å². The van der Waals surface area contributed by atoms with Gasteiger partial charge in [-0.25, -0.2) is 4.39 Å². The number of hydrogen-bond acceptors (Lipinski definition) is 2. The van der Waals surface area contributed by atoms with Gasteiger partial charge < -0.3 is 4.90 Å². The smallest absolute Gasteiger partial charge is 0.128 e. The molecule has 1 fully saturated rings. The van der Waals surface area contributed by atoms with Crippen molar-refractivity contribution in [3.8, 4) is 0 Å². The van der Waals surface area contributed by atoms with Crippen LogP contribution in [0.1, 0.15) is 5.56 Å². The highest BCUT2D eigenvalue weighted by molar-refractivity contribution is 14.1. The first-order valence-electron chi connectivity index (χ1n) is 5.50. The van der Waals surface area contributed by atoms with Gasteiger partial charge in [0.1, 0.15) is 5.82 Å². The summed E-state index contributed by atoms with van der Waals surface area (Å²) < 4.78 is 14.6. The lowest BCUT2D eigenvalue weighted by molar-refractivity contribution is 0.147. The van der Waals surface area contributed by atoms with E-state index >= 15 is 0 Å². The Balaban J connectivity index is 1.98. The van der Waals surface area contributed by atoms with Crippen LogP contribution in [-0.2, 0) is 6.54 Å². The first kappa shape index (κ1) is 12.3. The van der Waals surface area contributed by atoms with Crippen LogP contribution in [0.2, 0.25) is 0 Å². The van der Waals surface area contributed by atoms with Crippen molar-refractivity contribution in [2.24, 2.45) is 0 Å². The molecule has 0 saturated carbocycles. The van der Waals surface area contributed by atoms with E-state index in [1.54, 1.807) is 6.07 Å². The van der Waals surface area contributed by atoms with Crippen LogP contribution in [0.15, 0.2) is 18.2 Å². The fraction of sp³-hybridized carbons (Fsp3) is 0.500. The highest BCUT2D eigenvalue weighted by atomic mass is 127. The van der Waals surface area contributed by atoms with E-state index in [0.717, 1.165) is 41.9 Å². The molecule has 0 amide bonds. The molecule has 1 heterocycles. The summed E-state index contributed by atoms with van der Waals surface area (Å²) >= 11 is 2.14. The van der Waals surface area contributed by atoms with Crippen molar-refractivity contribution in [3.63, 3.8) is 0 Å². The topological polar surface area (TPSA) is 6.48 Å². The summed E-state index contributed by atoms with van der Waals surface area (Å²) in [5.41, 5.74) is 0.810. The summed E-state index contributed by atoms with van der Waals surface area (Å²) in [6.45, 7) is 4.94. The minimum atomic E-state index is -0.0779. The molecule has 1 saturated heterocycles. The molecule has 1 aliphatic rings. The zero-order chi connectivity index (χ0) is 11.5. The Morgan fingerprint density at radius 3 is 2.56 bits per heavy atom. The molecule has 0 N–H and O–H groups in total. The highest BCUT2D eigenvalue weighted by Crippen LogP contribution is 2.15. The van der Waals surface area contributed by atoms with E-state index in [2.05, 4.69) is 39.4 Å². The number of likely N-dealkylation sites (N-methyl/N-ethyl adjacent to an activating group) is 1. The first-order chi connectivity index (χ1) is 7.65. The molecule has 2 rings (SSSR count). The molecule has 0 aromatic heterocycles. The first-order valence-corrected chi connectivity index (χ1v) is 6.58. The van der Waals surface area contributed by atoms with Gasteiger partial charge in [0.15, 0.2) is 0 Å². The Kier molecular flexibility index (Phi) is 4.16. The molecular weight excluding hydrogens is 318 g/mol. The lowest BCUT2D eigenvalue weighted by Gasteiger charge is -2.32. The molecule has 4 heteroatoms. The van der Waals surface area contributed by atoms with E-state index in [-0.39, 0.29) is 5.82 Å². The number of halogens is 2. The van der Waals surface area contributed by atoms with Crippen molar-refractivity contribution in [2.75, 3.05) is 33.2 Å². The molecule has 0 radical (unpaired) electrons. The van der Waals surface area contributed by atoms with Crippen LogP contribution >= 0.6 is 22.6 Å². The molecule has 0 spiro atoms. The van der Waals surface area contributed by atoms with Gasteiger partial charge in [0.2, 0.25) is 0 Å². The fourth-order valence-electron chi connectivity index (χ4n) is 1.90. The SMILES string of the molecule is CN1CCN(Cc2ccc(I)cc2F)CC1. The molecular formula is C12H16FIN2. The number of nitrogens with zero attached hydrogens (tertiary/aromatic N) is 2. The van der Waals surface area contributed by atoms with Crippen molar-refractivity contribution in [3.05, 3.63) is 33.1 Å². The Labute approximate surface area is 110 Å². The van der Waals surface area contributed by atoms with Crippen molar-refractivity contribution in [1.82, 2.24) is 9.80 Å². The Hall–Kier alpha value is -0.200. The summed E-state index contributed by atoms with van der Waals surface area (Å²) in [5, 5.41) is 0. The van der Waals surface area contributed by atoms with Gasteiger partial charge in [0, 0.05) is 41.9 Å². The van der Waals surface area contributed by atoms with Crippen LogP contribution < -0.4 is 0 Å². The third-order valence-corrected chi connectivity index (χ3v) is 3.68. The third kappa shape index (κ3) is 3.15. The van der Waals surface area contributed by atoms with Gasteiger partial charge in [-0.2, -0.15) is 0 Å². The molecule has 1 aliphatic heterocycles. The van der Waals surface area contributed by atoms with Gasteiger partial charge in [-0.05, 0) is 41.8 Å². The second kappa shape index (κ2) is 5.42. The molecule has 1 aromatic carbocycles. The van der Waals surface area contributed by atoms with Crippen LogP contribution in [0, 0.1) is 9.39 Å². The van der Waals surface area contributed by atoms with E-state index in [0.29, 0.717) is 0 Å². The molecule has 2 nitrogen and oxygen atoms in total. The minimum Gasteiger partial charge on any atom is -0.304 e. The van der Waals surface area contributed by atoms with Gasteiger partial charge in [-0.3, -0.25) is 4.90 Å². The molecule has 0 bridgehead atoms. The van der Waals surface area contributed by atoms with E-state index in [9.17, 15) is 4.39 Å². The van der Waals surface area contributed by atoms with E-state index in [1.807, 2.05) is 12.1 Å². The van der Waals surface area contributed by atoms with Crippen LogP contribution in [0.4, 0.5) is 4.39 Å². The predicted molar refractivity (Wildman–Crippen MR) is 71.9 cm³/mol. The molecule has 16 heavy (non-hydrogen) atoms. The van der Waals surface area contributed by atoms with Crippen molar-refractivity contribution in [1.29, 1.82) is 0 Å². The Morgan fingerprint density at radius 2 is 1.94 bits per heavy atom. The monoisotopic (exact) mass is 334 g/mol. The Morgan fingerprint density at radius 1 is 1.25 bits per heavy atom. The van der Waals surface area contributed by atoms with Crippen LogP contribution in [-0.4, -0.2) is 43.0 Å². The standard InChI is InChI=1S/C12H16FIN2/c1-15-4-6-16(7-5-15)9-10-2-3-11(14)8-12(10)13/h2-3,8H,4-7,9H2,1H3. The third-order valence-electron chi connectivity index (χ3n) is 3.00. The maximum Gasteiger partial charge on any atom is 0.128 e. The van der Waals surface area contributed by atoms with Crippen LogP contribution in [0.3, 0.4) is 0 Å². The molecule has 0 unspecified atom stereocenters. The lowest BCUT2D eigenvalue weighted by Crippen LogP contribution is -2.44. The van der Waals surface area contributed by atoms with Crippen molar-refractivity contribution >= 4 is 22.6 Å². The van der Waals surface area contributed by atoms with E-state index in [1.165, 1.54) is 0 Å². The van der Waals surface area contributed by atoms with Gasteiger partial charge in [-0.15, -0.1) is 0 Å². The van der Waals surface area contributed by atoms with Gasteiger partial charge >= 0.3 is 0 Å². The molecule has 0 aliphatic carbocycles. The number of rotatable bonds is 2. The predicted octanol–water partition coefficient (Wildman–Crippen LogP) is 2.18. The zero-order valence-corrected chi connectivity index (χ0v) is 11.6. The largest absolute Gasteiger partial charge is 0.304 e. The van der Waals surface area contributed by atoms with E-state index in [4.69, 9.17) is 0 Å². The summed E-state index contributed by atoms with van der Waals surface area (Å²) in [4.78, 5) is 4.62. The number of hydrogen-bond donors (Lipinski definition) is 0. The number of benzene rings is 1. The normalized spacial score (nSPS) is 18.9. The lowest BCUT2D eigenvalue weighted by atomic mass is 10.2. The van der Waals surface area contributed by atoms with Crippen LogP contribution in [0.5, 0.6) is 0 Å². The fourth-order valence-corrected chi connectivity index (χ4v) is 2.35. The molecule has 88 valence electrons. The summed E-state index contributed by atoms with van der Waals surface area (Å²) in [5.74, 6) is -0.0779. The average molecular weight is 334 g/mol. The highest BCUT2D eigenvalue weighted by Gasteiger charge is 2.15. The second-order valence-electron chi connectivity index (χ2n) is 4.32. The average Bonchev–Trinajstić information content (AvgIpc) is 2.25. The Bertz CT molecular complexity index is 362. The van der Waals surface area contributed by atoms with Crippen molar-refractivity contribution < 1.29 is 4.39 Å². The molecule has 1 aromatic rings. The second-order valence-corrected chi connectivity index (χ2v) is 5.56. The maximum atomic E-state index is 13.6. The number of piperazine rings is 1. The van der Waals surface area contributed by atoms with Gasteiger partial charge in [0.05, 0.1) is 0 Å². The quantitative estimate of drug-likeness (QED) is 0.765.